The zero-order valence-corrected chi connectivity index (χ0v) is 11.5. The molecule has 0 saturated heterocycles. The number of aliphatic carboxylic acids is 4. The summed E-state index contributed by atoms with van der Waals surface area (Å²) in [6, 6.07) is -3.32. The molecule has 0 bridgehead atoms. The summed E-state index contributed by atoms with van der Waals surface area (Å²) in [6.45, 7) is 0. The van der Waals surface area contributed by atoms with E-state index in [1.165, 1.54) is 0 Å². The average Bonchev–Trinajstić information content (AvgIpc) is 2.13. The van der Waals surface area contributed by atoms with Gasteiger partial charge in [-0.25, -0.2) is 0 Å². The fourth-order valence-electron chi connectivity index (χ4n) is 1.03. The second-order valence-electron chi connectivity index (χ2n) is 3.14. The molecule has 0 aromatic rings. The molecule has 0 aliphatic carbocycles. The normalized spacial score (nSPS) is 12.9. The van der Waals surface area contributed by atoms with Crippen LogP contribution in [0.3, 0.4) is 0 Å². The minimum Gasteiger partial charge on any atom is -1.00 e. The largest absolute Gasteiger partial charge is 1.00 e. The van der Waals surface area contributed by atoms with E-state index in [4.69, 9.17) is 20.4 Å². The van der Waals surface area contributed by atoms with Crippen LogP contribution in [0, 0.1) is 0 Å². The zero-order chi connectivity index (χ0) is 13.6. The Morgan fingerprint density at radius 1 is 0.833 bits per heavy atom. The predicted octanol–water partition coefficient (Wildman–Crippen LogP) is -4.45. The minimum absolute atomic E-state index is 0. The first-order valence-electron chi connectivity index (χ1n) is 4.39. The molecule has 0 aliphatic rings. The van der Waals surface area contributed by atoms with Crippen molar-refractivity contribution in [2.45, 2.75) is 24.9 Å². The molecular formula is C8H12NNaO8. The van der Waals surface area contributed by atoms with Crippen molar-refractivity contribution in [3.63, 3.8) is 0 Å². The van der Waals surface area contributed by atoms with Crippen LogP contribution < -0.4 is 34.9 Å². The van der Waals surface area contributed by atoms with Crippen LogP contribution in [0.1, 0.15) is 14.3 Å². The Hall–Kier alpha value is -1.16. The van der Waals surface area contributed by atoms with Crippen molar-refractivity contribution in [3.8, 4) is 0 Å². The van der Waals surface area contributed by atoms with Crippen LogP contribution in [0.4, 0.5) is 0 Å². The number of carboxylic acids is 4. The fraction of sp³-hybridized carbons (Fsp3) is 0.500. The van der Waals surface area contributed by atoms with Gasteiger partial charge in [-0.3, -0.25) is 24.5 Å². The molecule has 5 N–H and O–H groups in total. The molecule has 10 heteroatoms. The summed E-state index contributed by atoms with van der Waals surface area (Å²) in [5.74, 6) is -6.01. The first-order chi connectivity index (χ1) is 7.73. The van der Waals surface area contributed by atoms with Gasteiger partial charge in [0.1, 0.15) is 12.1 Å². The van der Waals surface area contributed by atoms with Crippen molar-refractivity contribution < 1.29 is 70.6 Å². The second-order valence-corrected chi connectivity index (χ2v) is 3.14. The van der Waals surface area contributed by atoms with Gasteiger partial charge in [-0.1, -0.05) is 0 Å². The molecule has 0 aliphatic heterocycles. The first kappa shape index (κ1) is 19.2. The molecule has 0 rings (SSSR count). The Kier molecular flexibility index (Phi) is 9.45. The van der Waals surface area contributed by atoms with Crippen molar-refractivity contribution >= 4 is 23.9 Å². The van der Waals surface area contributed by atoms with Gasteiger partial charge in [0.15, 0.2) is 0 Å². The standard InChI is InChI=1S/C8H11NO8.Na.H/c10-5(11)1-3(7(14)15)9-4(8(16)17)2-6(12)13;;/h3-4,9H,1-2H2,(H,10,11)(H,12,13)(H,14,15)(H,16,17);;/q;+1;-1. The molecule has 98 valence electrons. The zero-order valence-electron chi connectivity index (χ0n) is 10.5. The predicted molar refractivity (Wildman–Crippen MR) is 51.6 cm³/mol. The van der Waals surface area contributed by atoms with Crippen LogP contribution in [0.5, 0.6) is 0 Å². The molecular weight excluding hydrogens is 261 g/mol. The maximum atomic E-state index is 10.6. The monoisotopic (exact) mass is 273 g/mol. The maximum absolute atomic E-state index is 10.6. The van der Waals surface area contributed by atoms with Gasteiger partial charge in [0.05, 0.1) is 12.8 Å². The van der Waals surface area contributed by atoms with E-state index in [2.05, 4.69) is 0 Å². The van der Waals surface area contributed by atoms with Crippen molar-refractivity contribution in [2.24, 2.45) is 0 Å². The third-order valence-corrected chi connectivity index (χ3v) is 1.76. The molecule has 0 saturated carbocycles. The van der Waals surface area contributed by atoms with Gasteiger partial charge >= 0.3 is 53.4 Å². The van der Waals surface area contributed by atoms with Crippen LogP contribution in [0.15, 0.2) is 0 Å². The van der Waals surface area contributed by atoms with Gasteiger partial charge < -0.3 is 21.9 Å². The second kappa shape index (κ2) is 8.86. The number of hydrogen-bond acceptors (Lipinski definition) is 5. The quantitative estimate of drug-likeness (QED) is 0.274. The van der Waals surface area contributed by atoms with E-state index in [1.807, 2.05) is 5.32 Å². The molecule has 0 fully saturated rings. The van der Waals surface area contributed by atoms with E-state index in [0.717, 1.165) is 0 Å². The molecule has 2 unspecified atom stereocenters. The van der Waals surface area contributed by atoms with Gasteiger partial charge in [0.25, 0.3) is 0 Å². The van der Waals surface area contributed by atoms with Crippen molar-refractivity contribution in [3.05, 3.63) is 0 Å². The Morgan fingerprint density at radius 2 is 1.11 bits per heavy atom. The third kappa shape index (κ3) is 8.01. The fourth-order valence-corrected chi connectivity index (χ4v) is 1.03. The number of nitrogens with one attached hydrogen (secondary N) is 1. The summed E-state index contributed by atoms with van der Waals surface area (Å²) < 4.78 is 0. The van der Waals surface area contributed by atoms with Crippen LogP contribution in [-0.2, 0) is 19.2 Å². The van der Waals surface area contributed by atoms with Crippen LogP contribution in [-0.4, -0.2) is 56.4 Å². The summed E-state index contributed by atoms with van der Waals surface area (Å²) in [5, 5.41) is 36.0. The smallest absolute Gasteiger partial charge is 1.00 e. The summed E-state index contributed by atoms with van der Waals surface area (Å²) in [7, 11) is 0. The summed E-state index contributed by atoms with van der Waals surface area (Å²) in [4.78, 5) is 41.9. The molecule has 0 amide bonds. The van der Waals surface area contributed by atoms with E-state index in [1.54, 1.807) is 0 Å². The van der Waals surface area contributed by atoms with Gasteiger partial charge in [-0.15, -0.1) is 0 Å². The SMILES string of the molecule is O=C(O)CC(NC(CC(=O)O)C(=O)O)C(=O)O.[H-].[Na+]. The molecule has 9 nitrogen and oxygen atoms in total. The van der Waals surface area contributed by atoms with Gasteiger partial charge in [0.2, 0.25) is 0 Å². The van der Waals surface area contributed by atoms with Crippen molar-refractivity contribution in [1.29, 1.82) is 0 Å². The molecule has 2 atom stereocenters. The molecule has 18 heavy (non-hydrogen) atoms. The van der Waals surface area contributed by atoms with Gasteiger partial charge in [-0.2, -0.15) is 0 Å². The topological polar surface area (TPSA) is 161 Å². The van der Waals surface area contributed by atoms with E-state index in [-0.39, 0.29) is 31.0 Å². The van der Waals surface area contributed by atoms with E-state index >= 15 is 0 Å². The summed E-state index contributed by atoms with van der Waals surface area (Å²) in [5.41, 5.74) is 0. The Balaban J connectivity index is -0.00000128. The Labute approximate surface area is 125 Å². The first-order valence-corrected chi connectivity index (χ1v) is 4.39. The third-order valence-electron chi connectivity index (χ3n) is 1.76. The summed E-state index contributed by atoms with van der Waals surface area (Å²) in [6.07, 6.45) is -1.70. The van der Waals surface area contributed by atoms with E-state index in [9.17, 15) is 19.2 Å². The van der Waals surface area contributed by atoms with Crippen LogP contribution in [0.2, 0.25) is 0 Å². The summed E-state index contributed by atoms with van der Waals surface area (Å²) >= 11 is 0. The van der Waals surface area contributed by atoms with E-state index < -0.39 is 48.8 Å². The average molecular weight is 273 g/mol. The number of rotatable bonds is 8. The maximum Gasteiger partial charge on any atom is 1.00 e. The van der Waals surface area contributed by atoms with Gasteiger partial charge in [0, 0.05) is 0 Å². The van der Waals surface area contributed by atoms with Crippen molar-refractivity contribution in [1.82, 2.24) is 5.32 Å². The molecule has 0 aromatic heterocycles. The van der Waals surface area contributed by atoms with Crippen LogP contribution in [0.25, 0.3) is 0 Å². The van der Waals surface area contributed by atoms with E-state index in [0.29, 0.717) is 0 Å². The number of carbonyl (C=O) groups is 4. The number of carboxylic acid groups (broad SMARTS) is 4. The Morgan fingerprint density at radius 3 is 1.28 bits per heavy atom. The Bertz CT molecular complexity index is 318. The molecule has 0 radical (unpaired) electrons. The van der Waals surface area contributed by atoms with Gasteiger partial charge in [-0.05, 0) is 0 Å². The molecule has 0 aromatic carbocycles. The molecule has 0 heterocycles. The van der Waals surface area contributed by atoms with Crippen molar-refractivity contribution in [2.75, 3.05) is 0 Å². The number of hydrogen-bond donors (Lipinski definition) is 5. The van der Waals surface area contributed by atoms with Crippen LogP contribution >= 0.6 is 0 Å². The minimum atomic E-state index is -1.66. The molecule has 0 spiro atoms.